The molecule has 3 aliphatic carbocycles. The van der Waals surface area contributed by atoms with Crippen LogP contribution >= 0.6 is 0 Å². The maximum absolute atomic E-state index is 9.32. The topological polar surface area (TPSA) is 94.6 Å². The molecular weight excluding hydrogens is 400 g/mol. The average molecular weight is 428 g/mol. The average Bonchev–Trinajstić information content (AvgIpc) is 2.98. The van der Waals surface area contributed by atoms with Gasteiger partial charge in [-0.3, -0.25) is 0 Å². The molecule has 1 aliphatic heterocycles. The zero-order valence-corrected chi connectivity index (χ0v) is 19.0. The minimum atomic E-state index is -0.127. The summed E-state index contributed by atoms with van der Waals surface area (Å²) in [6.07, 6.45) is 5.87. The zero-order chi connectivity index (χ0) is 22.7. The summed E-state index contributed by atoms with van der Waals surface area (Å²) in [5.41, 5.74) is 4.87. The van der Waals surface area contributed by atoms with E-state index in [-0.39, 0.29) is 11.0 Å². The summed E-state index contributed by atoms with van der Waals surface area (Å²) >= 11 is 0. The van der Waals surface area contributed by atoms with Crippen molar-refractivity contribution >= 4 is 12.0 Å². The largest absolute Gasteiger partial charge is 0.438 e. The number of ether oxygens (including phenoxy) is 1. The second-order valence-electron chi connectivity index (χ2n) is 10.4. The molecule has 162 valence electrons. The maximum atomic E-state index is 9.32. The molecular formula is C25H27N6O+. The van der Waals surface area contributed by atoms with Crippen molar-refractivity contribution < 1.29 is 9.22 Å². The molecule has 0 atom stereocenters. The Kier molecular flexibility index (Phi) is 4.34. The van der Waals surface area contributed by atoms with Crippen molar-refractivity contribution in [1.82, 2.24) is 9.97 Å². The molecule has 3 fully saturated rings. The lowest BCUT2D eigenvalue weighted by molar-refractivity contribution is -0.910. The van der Waals surface area contributed by atoms with E-state index in [9.17, 15) is 5.26 Å². The number of nitriles is 2. The number of aryl methyl sites for hydroxylation is 2. The smallest absolute Gasteiger partial charge is 0.233 e. The highest BCUT2D eigenvalue weighted by molar-refractivity contribution is 5.58. The fourth-order valence-electron chi connectivity index (χ4n) is 5.57. The number of benzene rings is 1. The molecule has 1 aromatic heterocycles. The Hall–Kier alpha value is -3.42. The third-order valence-electron chi connectivity index (χ3n) is 6.89. The normalized spacial score (nSPS) is 26.4. The first-order valence-corrected chi connectivity index (χ1v) is 10.9. The molecule has 32 heavy (non-hydrogen) atoms. The van der Waals surface area contributed by atoms with Crippen LogP contribution in [0.5, 0.6) is 11.6 Å². The van der Waals surface area contributed by atoms with Gasteiger partial charge >= 0.3 is 0 Å². The molecule has 7 heteroatoms. The van der Waals surface area contributed by atoms with E-state index in [1.54, 1.807) is 6.08 Å². The quantitative estimate of drug-likeness (QED) is 0.562. The molecule has 2 aromatic rings. The fourth-order valence-corrected chi connectivity index (χ4v) is 5.57. The number of allylic oxidation sites excluding steroid dienone is 1. The fraction of sp³-hybridized carbons (Fsp3) is 0.440. The van der Waals surface area contributed by atoms with E-state index in [4.69, 9.17) is 20.0 Å². The number of anilines is 1. The van der Waals surface area contributed by atoms with Crippen molar-refractivity contribution in [3.63, 3.8) is 0 Å². The molecule has 2 heterocycles. The first kappa shape index (κ1) is 20.5. The lowest BCUT2D eigenvalue weighted by atomic mass is 9.40. The van der Waals surface area contributed by atoms with Crippen LogP contribution in [0.3, 0.4) is 0 Å². The van der Waals surface area contributed by atoms with Gasteiger partial charge in [0, 0.05) is 11.6 Å². The Morgan fingerprint density at radius 1 is 1.09 bits per heavy atom. The van der Waals surface area contributed by atoms with E-state index in [0.717, 1.165) is 70.5 Å². The second-order valence-corrected chi connectivity index (χ2v) is 10.4. The van der Waals surface area contributed by atoms with Crippen LogP contribution in [0.1, 0.15) is 47.2 Å². The van der Waals surface area contributed by atoms with Gasteiger partial charge in [0.05, 0.1) is 37.2 Å². The molecule has 4 aliphatic rings. The molecule has 0 unspecified atom stereocenters. The molecule has 7 nitrogen and oxygen atoms in total. The number of fused-ring (bicyclic) bond motifs is 1. The molecule has 1 N–H and O–H groups in total. The monoisotopic (exact) mass is 427 g/mol. The van der Waals surface area contributed by atoms with Crippen LogP contribution in [0.25, 0.3) is 6.08 Å². The summed E-state index contributed by atoms with van der Waals surface area (Å²) in [6, 6.07) is 8.51. The van der Waals surface area contributed by atoms with Gasteiger partial charge < -0.3 is 14.5 Å². The Labute approximate surface area is 188 Å². The molecule has 0 radical (unpaired) electrons. The van der Waals surface area contributed by atoms with Crippen molar-refractivity contribution in [1.29, 1.82) is 10.5 Å². The highest BCUT2D eigenvalue weighted by atomic mass is 16.5. The predicted molar refractivity (Wildman–Crippen MR) is 120 cm³/mol. The zero-order valence-electron chi connectivity index (χ0n) is 19.0. The molecule has 3 saturated carbocycles. The molecule has 0 amide bonds. The summed E-state index contributed by atoms with van der Waals surface area (Å²) in [4.78, 5) is 9.65. The van der Waals surface area contributed by atoms with E-state index in [2.05, 4.69) is 25.5 Å². The standard InChI is InChI=1S/C25H27N6O/c1-16-8-18(6-5-7-26)9-17(2)21(16)32-22-19-10-31(3,4)11-20(19)28-23(29-22)30-25-12-24(13-25,14-25)15-27/h5-6,8-9H,10-14H2,1-4H3,(H,28,29,30)/q+1/b6-5+. The number of aromatic nitrogens is 2. The molecule has 6 rings (SSSR count). The molecule has 2 bridgehead atoms. The van der Waals surface area contributed by atoms with E-state index in [1.165, 1.54) is 6.08 Å². The van der Waals surface area contributed by atoms with Crippen LogP contribution < -0.4 is 10.1 Å². The van der Waals surface area contributed by atoms with Gasteiger partial charge in [-0.25, -0.2) is 4.98 Å². The van der Waals surface area contributed by atoms with E-state index < -0.39 is 0 Å². The van der Waals surface area contributed by atoms with Crippen LogP contribution in [0.2, 0.25) is 0 Å². The number of hydrogen-bond donors (Lipinski definition) is 1. The van der Waals surface area contributed by atoms with Crippen molar-refractivity contribution in [3.8, 4) is 23.8 Å². The van der Waals surface area contributed by atoms with Crippen LogP contribution in [0, 0.1) is 41.9 Å². The van der Waals surface area contributed by atoms with Crippen molar-refractivity contribution in [2.45, 2.75) is 51.7 Å². The lowest BCUT2D eigenvalue weighted by Crippen LogP contribution is -2.70. The number of nitrogens with one attached hydrogen (secondary N) is 1. The Morgan fingerprint density at radius 3 is 2.41 bits per heavy atom. The first-order chi connectivity index (χ1) is 15.2. The highest BCUT2D eigenvalue weighted by Gasteiger charge is 2.69. The van der Waals surface area contributed by atoms with Crippen LogP contribution in [0.4, 0.5) is 5.95 Å². The van der Waals surface area contributed by atoms with E-state index in [1.807, 2.05) is 32.0 Å². The summed E-state index contributed by atoms with van der Waals surface area (Å²) in [5.74, 6) is 1.99. The summed E-state index contributed by atoms with van der Waals surface area (Å²) in [5, 5.41) is 21.7. The van der Waals surface area contributed by atoms with Crippen molar-refractivity contribution in [3.05, 3.63) is 46.2 Å². The first-order valence-electron chi connectivity index (χ1n) is 10.9. The van der Waals surface area contributed by atoms with Crippen LogP contribution in [-0.4, -0.2) is 34.1 Å². The minimum absolute atomic E-state index is 0.0369. The highest BCUT2D eigenvalue weighted by Crippen LogP contribution is 2.67. The van der Waals surface area contributed by atoms with Crippen LogP contribution in [0.15, 0.2) is 18.2 Å². The number of hydrogen-bond acceptors (Lipinski definition) is 6. The summed E-state index contributed by atoms with van der Waals surface area (Å²) in [7, 11) is 4.37. The maximum Gasteiger partial charge on any atom is 0.233 e. The number of quaternary nitrogens is 1. The van der Waals surface area contributed by atoms with Gasteiger partial charge in [0.2, 0.25) is 11.8 Å². The Balaban J connectivity index is 1.48. The van der Waals surface area contributed by atoms with E-state index >= 15 is 0 Å². The predicted octanol–water partition coefficient (Wildman–Crippen LogP) is 4.37. The van der Waals surface area contributed by atoms with Gasteiger partial charge in [0.15, 0.2) is 0 Å². The van der Waals surface area contributed by atoms with Gasteiger partial charge in [-0.15, -0.1) is 0 Å². The van der Waals surface area contributed by atoms with Crippen molar-refractivity contribution in [2.75, 3.05) is 19.4 Å². The van der Waals surface area contributed by atoms with Crippen molar-refractivity contribution in [2.24, 2.45) is 5.41 Å². The lowest BCUT2D eigenvalue weighted by Gasteiger charge is -2.66. The SMILES string of the molecule is Cc1cc(/C=C/C#N)cc(C)c1Oc1nc(NC23CC(C#N)(C2)C3)nc2c1C[N+](C)(C)C2. The van der Waals surface area contributed by atoms with Gasteiger partial charge in [-0.1, -0.05) is 0 Å². The third-order valence-corrected chi connectivity index (χ3v) is 6.89. The molecule has 0 saturated heterocycles. The van der Waals surface area contributed by atoms with Gasteiger partial charge in [0.1, 0.15) is 24.5 Å². The summed E-state index contributed by atoms with van der Waals surface area (Å²) < 4.78 is 7.26. The summed E-state index contributed by atoms with van der Waals surface area (Å²) in [6.45, 7) is 5.66. The second kappa shape index (κ2) is 6.79. The number of rotatable bonds is 5. The van der Waals surface area contributed by atoms with E-state index in [0.29, 0.717) is 11.8 Å². The minimum Gasteiger partial charge on any atom is -0.438 e. The van der Waals surface area contributed by atoms with Gasteiger partial charge in [-0.2, -0.15) is 15.5 Å². The Morgan fingerprint density at radius 2 is 1.78 bits per heavy atom. The molecule has 0 spiro atoms. The third kappa shape index (κ3) is 3.30. The number of nitrogens with zero attached hydrogens (tertiary/aromatic N) is 5. The van der Waals surface area contributed by atoms with Gasteiger partial charge in [-0.05, 0) is 68.0 Å². The Bertz CT molecular complexity index is 1200. The van der Waals surface area contributed by atoms with Crippen LogP contribution in [-0.2, 0) is 13.1 Å². The van der Waals surface area contributed by atoms with Gasteiger partial charge in [0.25, 0.3) is 0 Å². The molecule has 1 aromatic carbocycles.